The first-order valence-corrected chi connectivity index (χ1v) is 9.60. The molecule has 1 unspecified atom stereocenters. The van der Waals surface area contributed by atoms with Crippen LogP contribution in [0.4, 0.5) is 11.5 Å². The number of para-hydroxylation sites is 3. The number of benzene rings is 2. The van der Waals surface area contributed by atoms with E-state index in [0.29, 0.717) is 29.5 Å². The van der Waals surface area contributed by atoms with E-state index in [1.807, 2.05) is 42.5 Å². The van der Waals surface area contributed by atoms with Gasteiger partial charge in [0, 0.05) is 13.2 Å². The molecular weight excluding hydrogens is 368 g/mol. The number of hydrogen-bond acceptors (Lipinski definition) is 6. The summed E-state index contributed by atoms with van der Waals surface area (Å²) < 4.78 is 11.4. The number of rotatable bonds is 7. The average molecular weight is 390 g/mol. The molecule has 2 heterocycles. The highest BCUT2D eigenvalue weighted by Gasteiger charge is 2.16. The predicted molar refractivity (Wildman–Crippen MR) is 110 cm³/mol. The Morgan fingerprint density at radius 3 is 2.62 bits per heavy atom. The quantitative estimate of drug-likeness (QED) is 0.631. The van der Waals surface area contributed by atoms with Gasteiger partial charge < -0.3 is 20.1 Å². The van der Waals surface area contributed by atoms with Crippen LogP contribution in [-0.2, 0) is 4.74 Å². The minimum Gasteiger partial charge on any atom is -0.455 e. The first-order valence-electron chi connectivity index (χ1n) is 9.60. The van der Waals surface area contributed by atoms with E-state index < -0.39 is 0 Å². The molecule has 4 rings (SSSR count). The number of nitrogens with zero attached hydrogens (tertiary/aromatic N) is 2. The number of amides is 1. The summed E-state index contributed by atoms with van der Waals surface area (Å²) in [5.41, 5.74) is 0.783. The fourth-order valence-corrected chi connectivity index (χ4v) is 3.03. The maximum atomic E-state index is 12.6. The molecule has 29 heavy (non-hydrogen) atoms. The number of anilines is 2. The van der Waals surface area contributed by atoms with Crippen LogP contribution in [0.25, 0.3) is 0 Å². The van der Waals surface area contributed by atoms with E-state index in [-0.39, 0.29) is 17.7 Å². The zero-order chi connectivity index (χ0) is 19.9. The topological polar surface area (TPSA) is 85.4 Å². The molecule has 7 nitrogen and oxygen atoms in total. The van der Waals surface area contributed by atoms with Crippen molar-refractivity contribution in [3.63, 3.8) is 0 Å². The van der Waals surface area contributed by atoms with Crippen LogP contribution in [0, 0.1) is 0 Å². The van der Waals surface area contributed by atoms with Crippen molar-refractivity contribution >= 4 is 17.4 Å². The SMILES string of the molecule is O=C(Nc1ccccc1Oc1ccccc1)c1ccc(NCC2CCCO2)nn1. The fraction of sp³-hybridized carbons (Fsp3) is 0.227. The lowest BCUT2D eigenvalue weighted by molar-refractivity contribution is 0.102. The standard InChI is InChI=1S/C22H22N4O3/c27-22(19-12-13-21(26-25-19)23-15-17-9-6-14-28-17)24-18-10-4-5-11-20(18)29-16-7-2-1-3-8-16/h1-5,7-8,10-13,17H,6,9,14-15H2,(H,23,26)(H,24,27). The summed E-state index contributed by atoms with van der Waals surface area (Å²) in [6, 6.07) is 20.0. The second-order valence-corrected chi connectivity index (χ2v) is 6.69. The van der Waals surface area contributed by atoms with Gasteiger partial charge in [-0.1, -0.05) is 30.3 Å². The van der Waals surface area contributed by atoms with Gasteiger partial charge in [0.15, 0.2) is 11.4 Å². The zero-order valence-corrected chi connectivity index (χ0v) is 15.9. The Labute approximate surface area is 169 Å². The molecule has 2 N–H and O–H groups in total. The molecule has 1 aliphatic rings. The highest BCUT2D eigenvalue weighted by atomic mass is 16.5. The Bertz CT molecular complexity index is 942. The summed E-state index contributed by atoms with van der Waals surface area (Å²) in [6.07, 6.45) is 2.35. The molecule has 7 heteroatoms. The second kappa shape index (κ2) is 9.16. The maximum Gasteiger partial charge on any atom is 0.276 e. The van der Waals surface area contributed by atoms with Gasteiger partial charge in [-0.25, -0.2) is 0 Å². The number of carbonyl (C=O) groups is 1. The van der Waals surface area contributed by atoms with Crippen LogP contribution in [0.5, 0.6) is 11.5 Å². The predicted octanol–water partition coefficient (Wildman–Crippen LogP) is 4.11. The van der Waals surface area contributed by atoms with E-state index in [0.717, 1.165) is 19.4 Å². The van der Waals surface area contributed by atoms with E-state index in [9.17, 15) is 4.79 Å². The van der Waals surface area contributed by atoms with Gasteiger partial charge >= 0.3 is 0 Å². The second-order valence-electron chi connectivity index (χ2n) is 6.69. The number of carbonyl (C=O) groups excluding carboxylic acids is 1. The van der Waals surface area contributed by atoms with Crippen molar-refractivity contribution in [3.05, 3.63) is 72.4 Å². The third-order valence-corrected chi connectivity index (χ3v) is 4.54. The fourth-order valence-electron chi connectivity index (χ4n) is 3.03. The number of ether oxygens (including phenoxy) is 2. The molecule has 148 valence electrons. The third-order valence-electron chi connectivity index (χ3n) is 4.54. The van der Waals surface area contributed by atoms with Crippen LogP contribution in [0.2, 0.25) is 0 Å². The Kier molecular flexibility index (Phi) is 5.97. The van der Waals surface area contributed by atoms with Crippen LogP contribution >= 0.6 is 0 Å². The van der Waals surface area contributed by atoms with E-state index in [2.05, 4.69) is 20.8 Å². The Morgan fingerprint density at radius 2 is 1.86 bits per heavy atom. The largest absolute Gasteiger partial charge is 0.455 e. The molecule has 0 saturated carbocycles. The Balaban J connectivity index is 1.39. The minimum atomic E-state index is -0.354. The maximum absolute atomic E-state index is 12.6. The molecule has 2 aromatic carbocycles. The van der Waals surface area contributed by atoms with Crippen molar-refractivity contribution in [2.75, 3.05) is 23.8 Å². The van der Waals surface area contributed by atoms with Gasteiger partial charge in [-0.15, -0.1) is 10.2 Å². The summed E-state index contributed by atoms with van der Waals surface area (Å²) in [6.45, 7) is 1.50. The first kappa shape index (κ1) is 18.9. The van der Waals surface area contributed by atoms with Crippen molar-refractivity contribution in [1.29, 1.82) is 0 Å². The van der Waals surface area contributed by atoms with E-state index >= 15 is 0 Å². The van der Waals surface area contributed by atoms with Crippen molar-refractivity contribution < 1.29 is 14.3 Å². The van der Waals surface area contributed by atoms with Gasteiger partial charge in [0.05, 0.1) is 11.8 Å². The van der Waals surface area contributed by atoms with Crippen molar-refractivity contribution in [2.24, 2.45) is 0 Å². The third kappa shape index (κ3) is 5.08. The average Bonchev–Trinajstić information content (AvgIpc) is 3.28. The molecule has 0 radical (unpaired) electrons. The molecule has 1 saturated heterocycles. The van der Waals surface area contributed by atoms with Gasteiger partial charge in [-0.3, -0.25) is 4.79 Å². The number of hydrogen-bond donors (Lipinski definition) is 2. The number of aromatic nitrogens is 2. The van der Waals surface area contributed by atoms with E-state index in [4.69, 9.17) is 9.47 Å². The molecule has 0 bridgehead atoms. The van der Waals surface area contributed by atoms with Crippen molar-refractivity contribution in [3.8, 4) is 11.5 Å². The Hall–Kier alpha value is -3.45. The molecule has 0 spiro atoms. The molecule has 1 fully saturated rings. The summed E-state index contributed by atoms with van der Waals surface area (Å²) in [5, 5.41) is 14.1. The van der Waals surface area contributed by atoms with Gasteiger partial charge in [0.2, 0.25) is 0 Å². The lowest BCUT2D eigenvalue weighted by Crippen LogP contribution is -2.20. The van der Waals surface area contributed by atoms with Crippen LogP contribution in [0.15, 0.2) is 66.7 Å². The smallest absolute Gasteiger partial charge is 0.276 e. The van der Waals surface area contributed by atoms with Crippen LogP contribution < -0.4 is 15.4 Å². The number of nitrogens with one attached hydrogen (secondary N) is 2. The van der Waals surface area contributed by atoms with Crippen molar-refractivity contribution in [2.45, 2.75) is 18.9 Å². The molecular formula is C22H22N4O3. The molecule has 1 atom stereocenters. The van der Waals surface area contributed by atoms with Gasteiger partial charge in [-0.05, 0) is 49.2 Å². The summed E-state index contributed by atoms with van der Waals surface area (Å²) in [4.78, 5) is 12.6. The lowest BCUT2D eigenvalue weighted by Gasteiger charge is -2.12. The zero-order valence-electron chi connectivity index (χ0n) is 15.9. The molecule has 3 aromatic rings. The van der Waals surface area contributed by atoms with E-state index in [1.165, 1.54) is 0 Å². The van der Waals surface area contributed by atoms with Crippen LogP contribution in [0.1, 0.15) is 23.3 Å². The normalized spacial score (nSPS) is 15.7. The van der Waals surface area contributed by atoms with E-state index in [1.54, 1.807) is 24.3 Å². The minimum absolute atomic E-state index is 0.209. The molecule has 1 amide bonds. The lowest BCUT2D eigenvalue weighted by atomic mass is 10.2. The van der Waals surface area contributed by atoms with Gasteiger partial charge in [0.25, 0.3) is 5.91 Å². The summed E-state index contributed by atoms with van der Waals surface area (Å²) >= 11 is 0. The van der Waals surface area contributed by atoms with Gasteiger partial charge in [-0.2, -0.15) is 0 Å². The summed E-state index contributed by atoms with van der Waals surface area (Å²) in [7, 11) is 0. The van der Waals surface area contributed by atoms with Crippen LogP contribution in [0.3, 0.4) is 0 Å². The first-order chi connectivity index (χ1) is 14.3. The molecule has 1 aliphatic heterocycles. The van der Waals surface area contributed by atoms with Crippen LogP contribution in [-0.4, -0.2) is 35.4 Å². The molecule has 0 aliphatic carbocycles. The highest BCUT2D eigenvalue weighted by molar-refractivity contribution is 6.03. The molecule has 1 aromatic heterocycles. The Morgan fingerprint density at radius 1 is 1.03 bits per heavy atom. The van der Waals surface area contributed by atoms with Crippen molar-refractivity contribution in [1.82, 2.24) is 10.2 Å². The highest BCUT2D eigenvalue weighted by Crippen LogP contribution is 2.29. The monoisotopic (exact) mass is 390 g/mol. The summed E-state index contributed by atoms with van der Waals surface area (Å²) in [5.74, 6) is 1.50. The van der Waals surface area contributed by atoms with Gasteiger partial charge in [0.1, 0.15) is 11.6 Å².